The molecule has 1 radical (unpaired) electrons. The molecule has 0 heterocycles. The third kappa shape index (κ3) is 1.79. The summed E-state index contributed by atoms with van der Waals surface area (Å²) in [6.45, 7) is 0. The van der Waals surface area contributed by atoms with Crippen molar-refractivity contribution in [3.63, 3.8) is 0 Å². The molecule has 3 heteroatoms. The summed E-state index contributed by atoms with van der Waals surface area (Å²) in [4.78, 5) is 10.0. The molecule has 3 nitrogen and oxygen atoms in total. The summed E-state index contributed by atoms with van der Waals surface area (Å²) in [7, 11) is 0. The summed E-state index contributed by atoms with van der Waals surface area (Å²) in [6.07, 6.45) is 3.78. The highest BCUT2D eigenvalue weighted by Gasteiger charge is 2.37. The van der Waals surface area contributed by atoms with Gasteiger partial charge in [0.25, 0.3) is 0 Å². The summed E-state index contributed by atoms with van der Waals surface area (Å²) < 4.78 is 0. The highest BCUT2D eigenvalue weighted by molar-refractivity contribution is 5.52. The normalized spacial score (nSPS) is 38.5. The number of hydrogen-bond acceptors (Lipinski definition) is 3. The molecular formula is C8H13O3. The fourth-order valence-electron chi connectivity index (χ4n) is 1.54. The average molecular weight is 157 g/mol. The van der Waals surface area contributed by atoms with Crippen LogP contribution in [0.1, 0.15) is 32.1 Å². The Morgan fingerprint density at radius 3 is 2.82 bits per heavy atom. The first-order valence-electron chi connectivity index (χ1n) is 3.94. The monoisotopic (exact) mass is 157 g/mol. The van der Waals surface area contributed by atoms with E-state index in [4.69, 9.17) is 0 Å². The molecule has 63 valence electrons. The molecule has 0 aromatic rings. The van der Waals surface area contributed by atoms with E-state index >= 15 is 0 Å². The second kappa shape index (κ2) is 3.32. The Bertz CT molecular complexity index is 146. The minimum absolute atomic E-state index is 0.0613. The summed E-state index contributed by atoms with van der Waals surface area (Å²) >= 11 is 0. The van der Waals surface area contributed by atoms with E-state index in [0.717, 1.165) is 12.8 Å². The molecule has 2 unspecified atom stereocenters. The van der Waals surface area contributed by atoms with Crippen LogP contribution in [0.25, 0.3) is 0 Å². The lowest BCUT2D eigenvalue weighted by molar-refractivity contribution is -0.0945. The third-order valence-corrected chi connectivity index (χ3v) is 2.34. The van der Waals surface area contributed by atoms with Gasteiger partial charge in [-0.05, 0) is 12.8 Å². The first kappa shape index (κ1) is 8.68. The zero-order chi connectivity index (χ0) is 8.32. The van der Waals surface area contributed by atoms with Gasteiger partial charge < -0.3 is 10.2 Å². The van der Waals surface area contributed by atoms with E-state index in [1.165, 1.54) is 0 Å². The van der Waals surface area contributed by atoms with Crippen LogP contribution in [0.5, 0.6) is 0 Å². The molecule has 0 aromatic heterocycles. The molecule has 0 bridgehead atoms. The van der Waals surface area contributed by atoms with E-state index < -0.39 is 11.7 Å². The van der Waals surface area contributed by atoms with Crippen LogP contribution >= 0.6 is 0 Å². The van der Waals surface area contributed by atoms with Crippen LogP contribution in [0.4, 0.5) is 0 Å². The number of carbonyl (C=O) groups excluding carboxylic acids is 1. The molecule has 0 amide bonds. The zero-order valence-corrected chi connectivity index (χ0v) is 6.42. The highest BCUT2D eigenvalue weighted by Crippen LogP contribution is 2.30. The summed E-state index contributed by atoms with van der Waals surface area (Å²) in [5, 5.41) is 19.0. The van der Waals surface area contributed by atoms with Gasteiger partial charge in [0.15, 0.2) is 0 Å². The minimum atomic E-state index is -1.18. The number of aliphatic hydroxyl groups is 2. The number of aliphatic hydroxyl groups excluding tert-OH is 1. The van der Waals surface area contributed by atoms with Gasteiger partial charge in [-0.1, -0.05) is 12.8 Å². The van der Waals surface area contributed by atoms with E-state index in [1.54, 1.807) is 6.29 Å². The van der Waals surface area contributed by atoms with Gasteiger partial charge in [-0.15, -0.1) is 0 Å². The largest absolute Gasteiger partial charge is 0.390 e. The first-order valence-corrected chi connectivity index (χ1v) is 3.94. The van der Waals surface area contributed by atoms with Gasteiger partial charge in [-0.3, -0.25) is 4.79 Å². The van der Waals surface area contributed by atoms with E-state index in [1.807, 2.05) is 0 Å². The van der Waals surface area contributed by atoms with Crippen LogP contribution in [0.2, 0.25) is 0 Å². The summed E-state index contributed by atoms with van der Waals surface area (Å²) in [6, 6.07) is 0. The Kier molecular flexibility index (Phi) is 2.62. The Balaban J connectivity index is 2.56. The Labute approximate surface area is 66.0 Å². The van der Waals surface area contributed by atoms with Crippen molar-refractivity contribution in [2.24, 2.45) is 0 Å². The van der Waals surface area contributed by atoms with E-state index in [2.05, 4.69) is 0 Å². The standard InChI is InChI=1S/C8H13O3/c9-6-5-8(11)4-2-1-3-7(8)10/h7,10-11H,1-5H2. The molecule has 0 spiro atoms. The lowest BCUT2D eigenvalue weighted by Gasteiger charge is -2.35. The molecule has 1 aliphatic carbocycles. The van der Waals surface area contributed by atoms with Crippen LogP contribution in [-0.2, 0) is 4.79 Å². The van der Waals surface area contributed by atoms with E-state index in [9.17, 15) is 15.0 Å². The third-order valence-electron chi connectivity index (χ3n) is 2.34. The predicted octanol–water partition coefficient (Wildman–Crippen LogP) is 0.152. The smallest absolute Gasteiger partial charge is 0.201 e. The molecule has 2 atom stereocenters. The van der Waals surface area contributed by atoms with Gasteiger partial charge in [-0.2, -0.15) is 0 Å². The highest BCUT2D eigenvalue weighted by atomic mass is 16.3. The number of rotatable bonds is 2. The maximum atomic E-state index is 10.0. The fraction of sp³-hybridized carbons (Fsp3) is 0.875. The lowest BCUT2D eigenvalue weighted by atomic mass is 9.80. The van der Waals surface area contributed by atoms with Crippen molar-refractivity contribution in [1.82, 2.24) is 0 Å². The van der Waals surface area contributed by atoms with Crippen LogP contribution in [0.3, 0.4) is 0 Å². The van der Waals surface area contributed by atoms with Gasteiger partial charge in [0.05, 0.1) is 11.7 Å². The van der Waals surface area contributed by atoms with Crippen LogP contribution in [0, 0.1) is 0 Å². The molecular weight excluding hydrogens is 144 g/mol. The maximum Gasteiger partial charge on any atom is 0.201 e. The molecule has 1 rings (SSSR count). The first-order chi connectivity index (χ1) is 5.19. The second-order valence-electron chi connectivity index (χ2n) is 3.19. The van der Waals surface area contributed by atoms with Crippen molar-refractivity contribution in [3.05, 3.63) is 0 Å². The van der Waals surface area contributed by atoms with Gasteiger partial charge >= 0.3 is 0 Å². The summed E-state index contributed by atoms with van der Waals surface area (Å²) in [5.41, 5.74) is -1.18. The van der Waals surface area contributed by atoms with Crippen LogP contribution in [0.15, 0.2) is 0 Å². The predicted molar refractivity (Wildman–Crippen MR) is 39.7 cm³/mol. The van der Waals surface area contributed by atoms with E-state index in [-0.39, 0.29) is 6.42 Å². The van der Waals surface area contributed by atoms with Gasteiger partial charge in [0, 0.05) is 6.42 Å². The molecule has 1 saturated carbocycles. The SMILES string of the molecule is O=[C]CC1(O)CCCCC1O. The molecule has 1 aliphatic rings. The quantitative estimate of drug-likeness (QED) is 0.600. The van der Waals surface area contributed by atoms with Crippen LogP contribution < -0.4 is 0 Å². The molecule has 11 heavy (non-hydrogen) atoms. The Morgan fingerprint density at radius 2 is 2.27 bits per heavy atom. The fourth-order valence-corrected chi connectivity index (χ4v) is 1.54. The second-order valence-corrected chi connectivity index (χ2v) is 3.19. The van der Waals surface area contributed by atoms with Crippen molar-refractivity contribution in [2.45, 2.75) is 43.8 Å². The zero-order valence-electron chi connectivity index (χ0n) is 6.42. The van der Waals surface area contributed by atoms with Crippen molar-refractivity contribution < 1.29 is 15.0 Å². The number of hydrogen-bond donors (Lipinski definition) is 2. The minimum Gasteiger partial charge on any atom is -0.390 e. The topological polar surface area (TPSA) is 57.5 Å². The maximum absolute atomic E-state index is 10.0. The molecule has 0 saturated heterocycles. The van der Waals surface area contributed by atoms with Gasteiger partial charge in [0.1, 0.15) is 0 Å². The molecule has 0 aromatic carbocycles. The molecule has 0 aliphatic heterocycles. The Hall–Kier alpha value is -0.410. The van der Waals surface area contributed by atoms with Crippen molar-refractivity contribution in [1.29, 1.82) is 0 Å². The lowest BCUT2D eigenvalue weighted by Crippen LogP contribution is -2.45. The van der Waals surface area contributed by atoms with Crippen molar-refractivity contribution >= 4 is 6.29 Å². The van der Waals surface area contributed by atoms with Crippen molar-refractivity contribution in [2.75, 3.05) is 0 Å². The average Bonchev–Trinajstić information content (AvgIpc) is 1.96. The van der Waals surface area contributed by atoms with Crippen LogP contribution in [-0.4, -0.2) is 28.2 Å². The van der Waals surface area contributed by atoms with Gasteiger partial charge in [-0.25, -0.2) is 0 Å². The summed E-state index contributed by atoms with van der Waals surface area (Å²) in [5.74, 6) is 0. The Morgan fingerprint density at radius 1 is 1.55 bits per heavy atom. The molecule has 2 N–H and O–H groups in total. The van der Waals surface area contributed by atoms with Gasteiger partial charge in [0.2, 0.25) is 6.29 Å². The molecule has 1 fully saturated rings. The van der Waals surface area contributed by atoms with Crippen molar-refractivity contribution in [3.8, 4) is 0 Å². The van der Waals surface area contributed by atoms with E-state index in [0.29, 0.717) is 12.8 Å².